The van der Waals surface area contributed by atoms with E-state index >= 15 is 0 Å². The quantitative estimate of drug-likeness (QED) is 0.590. The molecule has 0 aromatic carbocycles. The van der Waals surface area contributed by atoms with E-state index in [0.717, 1.165) is 0 Å². The highest BCUT2D eigenvalue weighted by atomic mass is 19.4. The topological polar surface area (TPSA) is 41.5 Å². The molecule has 0 saturated heterocycles. The van der Waals surface area contributed by atoms with Crippen molar-refractivity contribution in [3.05, 3.63) is 0 Å². The second-order valence-electron chi connectivity index (χ2n) is 2.58. The van der Waals surface area contributed by atoms with Gasteiger partial charge in [0.2, 0.25) is 11.7 Å². The van der Waals surface area contributed by atoms with Gasteiger partial charge in [-0.25, -0.2) is 0 Å². The Kier molecular flexibility index (Phi) is 2.08. The van der Waals surface area contributed by atoms with Crippen LogP contribution >= 0.6 is 0 Å². The summed E-state index contributed by atoms with van der Waals surface area (Å²) in [7, 11) is 0. The van der Waals surface area contributed by atoms with Crippen LogP contribution < -0.4 is 5.32 Å². The summed E-state index contributed by atoms with van der Waals surface area (Å²) in [6, 6.07) is -0.588. The second-order valence-corrected chi connectivity index (χ2v) is 2.58. The van der Waals surface area contributed by atoms with E-state index < -0.39 is 24.0 Å². The zero-order valence-corrected chi connectivity index (χ0v) is 6.27. The first-order valence-corrected chi connectivity index (χ1v) is 3.34. The van der Waals surface area contributed by atoms with Gasteiger partial charge in [-0.05, 0) is 6.92 Å². The molecule has 3 nitrogen and oxygen atoms in total. The number of carbonyl (C=O) groups is 1. The molecule has 0 spiro atoms. The molecular weight excluding hydrogens is 173 g/mol. The van der Waals surface area contributed by atoms with Crippen molar-refractivity contribution in [1.82, 2.24) is 5.32 Å². The number of aliphatic imine (C=N–C) groups is 1. The minimum Gasteiger partial charge on any atom is -0.307 e. The van der Waals surface area contributed by atoms with E-state index in [1.807, 2.05) is 0 Å². The number of hydrogen-bond acceptors (Lipinski definition) is 2. The fourth-order valence-corrected chi connectivity index (χ4v) is 0.894. The van der Waals surface area contributed by atoms with Crippen molar-refractivity contribution in [3.8, 4) is 0 Å². The lowest BCUT2D eigenvalue weighted by molar-refractivity contribution is -0.122. The minimum absolute atomic E-state index is 0.0135. The maximum absolute atomic E-state index is 11.9. The normalized spacial score (nSPS) is 24.8. The predicted molar refractivity (Wildman–Crippen MR) is 35.7 cm³/mol. The molecular formula is C6H7F3N2O. The SMILES string of the molecule is CC1CC(=O)NC(C(F)(F)F)=N1. The third kappa shape index (κ3) is 1.96. The molecule has 6 heteroatoms. The molecule has 1 unspecified atom stereocenters. The Bertz CT molecular complexity index is 233. The molecule has 0 saturated carbocycles. The van der Waals surface area contributed by atoms with Gasteiger partial charge < -0.3 is 5.32 Å². The van der Waals surface area contributed by atoms with E-state index in [1.54, 1.807) is 5.32 Å². The molecule has 0 fully saturated rings. The predicted octanol–water partition coefficient (Wildman–Crippen LogP) is 0.856. The smallest absolute Gasteiger partial charge is 0.307 e. The van der Waals surface area contributed by atoms with Crippen molar-refractivity contribution in [2.75, 3.05) is 0 Å². The summed E-state index contributed by atoms with van der Waals surface area (Å²) in [5.74, 6) is -1.82. The summed E-state index contributed by atoms with van der Waals surface area (Å²) in [6.45, 7) is 1.46. The summed E-state index contributed by atoms with van der Waals surface area (Å²) < 4.78 is 35.8. The Morgan fingerprint density at radius 3 is 2.58 bits per heavy atom. The van der Waals surface area contributed by atoms with Crippen molar-refractivity contribution in [3.63, 3.8) is 0 Å². The average molecular weight is 180 g/mol. The zero-order chi connectivity index (χ0) is 9.35. The van der Waals surface area contributed by atoms with Gasteiger partial charge in [0.1, 0.15) is 0 Å². The van der Waals surface area contributed by atoms with Gasteiger partial charge in [0, 0.05) is 6.42 Å². The van der Waals surface area contributed by atoms with Crippen molar-refractivity contribution in [2.45, 2.75) is 25.6 Å². The lowest BCUT2D eigenvalue weighted by Gasteiger charge is -2.19. The fourth-order valence-electron chi connectivity index (χ4n) is 0.894. The molecule has 0 aromatic rings. The summed E-state index contributed by atoms with van der Waals surface area (Å²) in [5.41, 5.74) is 0. The Morgan fingerprint density at radius 2 is 2.17 bits per heavy atom. The average Bonchev–Trinajstić information content (AvgIpc) is 1.82. The Hall–Kier alpha value is -1.07. The molecule has 1 rings (SSSR count). The fraction of sp³-hybridized carbons (Fsp3) is 0.667. The summed E-state index contributed by atoms with van der Waals surface area (Å²) in [4.78, 5) is 13.9. The number of alkyl halides is 3. The summed E-state index contributed by atoms with van der Waals surface area (Å²) in [6.07, 6.45) is -4.54. The number of halogens is 3. The summed E-state index contributed by atoms with van der Waals surface area (Å²) >= 11 is 0. The molecule has 1 amide bonds. The molecule has 1 aliphatic heterocycles. The highest BCUT2D eigenvalue weighted by molar-refractivity contribution is 6.02. The minimum atomic E-state index is -4.55. The van der Waals surface area contributed by atoms with Gasteiger partial charge in [-0.15, -0.1) is 0 Å². The van der Waals surface area contributed by atoms with Crippen LogP contribution in [0.5, 0.6) is 0 Å². The third-order valence-corrected chi connectivity index (χ3v) is 1.36. The van der Waals surface area contributed by atoms with Gasteiger partial charge in [-0.2, -0.15) is 13.2 Å². The molecule has 0 aliphatic carbocycles. The molecule has 1 heterocycles. The first-order valence-electron chi connectivity index (χ1n) is 3.34. The van der Waals surface area contributed by atoms with Crippen LogP contribution in [0.1, 0.15) is 13.3 Å². The number of amides is 1. The van der Waals surface area contributed by atoms with E-state index in [2.05, 4.69) is 4.99 Å². The highest BCUT2D eigenvalue weighted by Crippen LogP contribution is 2.19. The molecule has 12 heavy (non-hydrogen) atoms. The van der Waals surface area contributed by atoms with Crippen molar-refractivity contribution in [2.24, 2.45) is 4.99 Å². The van der Waals surface area contributed by atoms with Crippen molar-refractivity contribution in [1.29, 1.82) is 0 Å². The molecule has 1 aliphatic rings. The van der Waals surface area contributed by atoms with E-state index in [0.29, 0.717) is 0 Å². The number of nitrogens with one attached hydrogen (secondary N) is 1. The van der Waals surface area contributed by atoms with Crippen LogP contribution in [0.15, 0.2) is 4.99 Å². The largest absolute Gasteiger partial charge is 0.449 e. The van der Waals surface area contributed by atoms with Crippen molar-refractivity contribution >= 4 is 11.7 Å². The van der Waals surface area contributed by atoms with Crippen LogP contribution in [-0.4, -0.2) is 24.0 Å². The zero-order valence-electron chi connectivity index (χ0n) is 6.27. The molecule has 0 radical (unpaired) electrons. The highest BCUT2D eigenvalue weighted by Gasteiger charge is 2.39. The summed E-state index contributed by atoms with van der Waals surface area (Å²) in [5, 5.41) is 1.67. The van der Waals surface area contributed by atoms with Crippen LogP contribution in [0.4, 0.5) is 13.2 Å². The van der Waals surface area contributed by atoms with Crippen LogP contribution in [0, 0.1) is 0 Å². The van der Waals surface area contributed by atoms with Crippen LogP contribution in [0.25, 0.3) is 0 Å². The van der Waals surface area contributed by atoms with E-state index in [-0.39, 0.29) is 6.42 Å². The molecule has 68 valence electrons. The standard InChI is InChI=1S/C6H7F3N2O/c1-3-2-4(12)11-5(10-3)6(7,8)9/h3H,2H2,1H3,(H,10,11,12). The number of nitrogens with zero attached hydrogens (tertiary/aromatic N) is 1. The Morgan fingerprint density at radius 1 is 1.58 bits per heavy atom. The molecule has 1 atom stereocenters. The van der Waals surface area contributed by atoms with Gasteiger partial charge in [-0.3, -0.25) is 9.79 Å². The number of hydrogen-bond donors (Lipinski definition) is 1. The van der Waals surface area contributed by atoms with Crippen LogP contribution in [0.2, 0.25) is 0 Å². The number of amidine groups is 1. The number of carbonyl (C=O) groups excluding carboxylic acids is 1. The van der Waals surface area contributed by atoms with Gasteiger partial charge >= 0.3 is 6.18 Å². The van der Waals surface area contributed by atoms with Gasteiger partial charge in [0.25, 0.3) is 0 Å². The third-order valence-electron chi connectivity index (χ3n) is 1.36. The maximum atomic E-state index is 11.9. The van der Waals surface area contributed by atoms with Crippen molar-refractivity contribution < 1.29 is 18.0 Å². The lowest BCUT2D eigenvalue weighted by atomic mass is 10.2. The molecule has 1 N–H and O–H groups in total. The second kappa shape index (κ2) is 2.76. The monoisotopic (exact) mass is 180 g/mol. The first-order chi connectivity index (χ1) is 5.39. The van der Waals surface area contributed by atoms with E-state index in [4.69, 9.17) is 0 Å². The van der Waals surface area contributed by atoms with E-state index in [9.17, 15) is 18.0 Å². The maximum Gasteiger partial charge on any atom is 0.449 e. The van der Waals surface area contributed by atoms with Gasteiger partial charge in [0.05, 0.1) is 6.04 Å². The number of rotatable bonds is 0. The van der Waals surface area contributed by atoms with E-state index in [1.165, 1.54) is 6.92 Å². The Labute approximate surface area is 66.7 Å². The van der Waals surface area contributed by atoms with Crippen LogP contribution in [-0.2, 0) is 4.79 Å². The van der Waals surface area contributed by atoms with Gasteiger partial charge in [-0.1, -0.05) is 0 Å². The molecule has 0 aromatic heterocycles. The van der Waals surface area contributed by atoms with Gasteiger partial charge in [0.15, 0.2) is 0 Å². The first kappa shape index (κ1) is 9.02. The Balaban J connectivity index is 2.84. The molecule has 0 bridgehead atoms. The lowest BCUT2D eigenvalue weighted by Crippen LogP contribution is -2.45. The van der Waals surface area contributed by atoms with Crippen LogP contribution in [0.3, 0.4) is 0 Å².